The molecule has 2 rings (SSSR count). The Labute approximate surface area is 82.3 Å². The van der Waals surface area contributed by atoms with E-state index in [4.69, 9.17) is 20.9 Å². The lowest BCUT2D eigenvalue weighted by Crippen LogP contribution is -2.37. The second-order valence-electron chi connectivity index (χ2n) is 2.44. The van der Waals surface area contributed by atoms with E-state index in [0.29, 0.717) is 6.61 Å². The van der Waals surface area contributed by atoms with Gasteiger partial charge in [-0.3, -0.25) is 0 Å². The van der Waals surface area contributed by atoms with Crippen LogP contribution in [0.3, 0.4) is 0 Å². The molecule has 1 saturated heterocycles. The summed E-state index contributed by atoms with van der Waals surface area (Å²) in [5.41, 5.74) is 10.9. The summed E-state index contributed by atoms with van der Waals surface area (Å²) in [4.78, 5) is 3.87. The summed E-state index contributed by atoms with van der Waals surface area (Å²) in [5, 5.41) is 0. The van der Waals surface area contributed by atoms with E-state index in [0.717, 1.165) is 0 Å². The van der Waals surface area contributed by atoms with Gasteiger partial charge in [0.05, 0.1) is 12.6 Å². The first kappa shape index (κ1) is 11.8. The monoisotopic (exact) mass is 215 g/mol. The van der Waals surface area contributed by atoms with Crippen LogP contribution < -0.4 is 11.5 Å². The van der Waals surface area contributed by atoms with Crippen LogP contribution >= 0.6 is 24.8 Å². The number of fused-ring (bicyclic) bond motifs is 1. The fourth-order valence-electron chi connectivity index (χ4n) is 1.16. The summed E-state index contributed by atoms with van der Waals surface area (Å²) in [7, 11) is 0. The van der Waals surface area contributed by atoms with Gasteiger partial charge in [-0.2, -0.15) is 4.99 Å². The van der Waals surface area contributed by atoms with Crippen molar-refractivity contribution >= 4 is 30.8 Å². The molecule has 2 aliphatic heterocycles. The summed E-state index contributed by atoms with van der Waals surface area (Å²) in [6.45, 7) is 0.506. The highest BCUT2D eigenvalue weighted by molar-refractivity contribution is 5.85. The highest BCUT2D eigenvalue weighted by atomic mass is 35.5. The lowest BCUT2D eigenvalue weighted by Gasteiger charge is -2.09. The van der Waals surface area contributed by atoms with Crippen molar-refractivity contribution in [1.82, 2.24) is 0 Å². The Hall–Kier alpha value is -0.230. The minimum atomic E-state index is -0.255. The topological polar surface area (TPSA) is 82.9 Å². The number of rotatable bonds is 0. The highest BCUT2D eigenvalue weighted by Gasteiger charge is 2.41. The third-order valence-corrected chi connectivity index (χ3v) is 1.67. The van der Waals surface area contributed by atoms with Crippen LogP contribution in [-0.4, -0.2) is 31.0 Å². The zero-order valence-electron chi connectivity index (χ0n) is 6.17. The van der Waals surface area contributed by atoms with Gasteiger partial charge in [-0.15, -0.1) is 24.8 Å². The Kier molecular flexibility index (Phi) is 4.05. The molecule has 3 atom stereocenters. The molecule has 4 N–H and O–H groups in total. The zero-order chi connectivity index (χ0) is 7.14. The van der Waals surface area contributed by atoms with Crippen LogP contribution in [-0.2, 0) is 9.47 Å². The van der Waals surface area contributed by atoms with Crippen molar-refractivity contribution in [1.29, 1.82) is 0 Å². The predicted octanol–water partition coefficient (Wildman–Crippen LogP) is -0.773. The van der Waals surface area contributed by atoms with E-state index in [-0.39, 0.29) is 49.2 Å². The predicted molar refractivity (Wildman–Crippen MR) is 48.7 cm³/mol. The molecule has 0 aromatic rings. The first-order valence-corrected chi connectivity index (χ1v) is 3.14. The van der Waals surface area contributed by atoms with E-state index >= 15 is 0 Å². The van der Waals surface area contributed by atoms with Crippen molar-refractivity contribution in [2.75, 3.05) is 6.61 Å². The summed E-state index contributed by atoms with van der Waals surface area (Å²) < 4.78 is 10.2. The number of halogens is 2. The number of hydrogen-bond donors (Lipinski definition) is 2. The molecule has 1 fully saturated rings. The van der Waals surface area contributed by atoms with Crippen molar-refractivity contribution in [3.8, 4) is 0 Å². The Bertz CT molecular complexity index is 190. The molecule has 0 saturated carbocycles. The molecule has 72 valence electrons. The summed E-state index contributed by atoms with van der Waals surface area (Å²) in [6.07, 6.45) is -0.407. The van der Waals surface area contributed by atoms with Crippen molar-refractivity contribution in [3.63, 3.8) is 0 Å². The summed E-state index contributed by atoms with van der Waals surface area (Å²) >= 11 is 0. The van der Waals surface area contributed by atoms with Gasteiger partial charge in [-0.1, -0.05) is 0 Å². The number of nitrogens with zero attached hydrogens (tertiary/aromatic N) is 1. The fraction of sp³-hybridized carbons (Fsp3) is 0.800. The molecule has 5 nitrogen and oxygen atoms in total. The van der Waals surface area contributed by atoms with Gasteiger partial charge in [0.2, 0.25) is 0 Å². The molecule has 0 aromatic carbocycles. The zero-order valence-corrected chi connectivity index (χ0v) is 7.81. The van der Waals surface area contributed by atoms with E-state index in [1.807, 2.05) is 0 Å². The fourth-order valence-corrected chi connectivity index (χ4v) is 1.16. The normalized spacial score (nSPS) is 37.1. The van der Waals surface area contributed by atoms with Gasteiger partial charge in [0.1, 0.15) is 0 Å². The van der Waals surface area contributed by atoms with Crippen molar-refractivity contribution in [3.05, 3.63) is 0 Å². The standard InChI is InChI=1S/C5H9N3O2.2ClH/c6-2-1-9-4-3(2)10-5(7)8-4;;/h2-4H,1,6H2,(H2,7,8);2*1H. The average Bonchev–Trinajstić information content (AvgIpc) is 2.35. The van der Waals surface area contributed by atoms with Gasteiger partial charge in [0.25, 0.3) is 6.02 Å². The molecular formula is C5H11Cl2N3O2. The molecule has 0 aromatic heterocycles. The molecule has 12 heavy (non-hydrogen) atoms. The van der Waals surface area contributed by atoms with Gasteiger partial charge < -0.3 is 20.9 Å². The lowest BCUT2D eigenvalue weighted by atomic mass is 10.2. The molecule has 7 heteroatoms. The van der Waals surface area contributed by atoms with E-state index in [2.05, 4.69) is 4.99 Å². The first-order chi connectivity index (χ1) is 4.77. The lowest BCUT2D eigenvalue weighted by molar-refractivity contribution is 0.0797. The van der Waals surface area contributed by atoms with Crippen LogP contribution in [0.1, 0.15) is 0 Å². The van der Waals surface area contributed by atoms with Gasteiger partial charge in [0, 0.05) is 0 Å². The van der Waals surface area contributed by atoms with Crippen LogP contribution in [0.25, 0.3) is 0 Å². The maximum Gasteiger partial charge on any atom is 0.285 e. The van der Waals surface area contributed by atoms with Crippen molar-refractivity contribution in [2.24, 2.45) is 16.5 Å². The molecular weight excluding hydrogens is 205 g/mol. The molecule has 2 heterocycles. The quantitative estimate of drug-likeness (QED) is 0.556. The minimum absolute atomic E-state index is 0. The van der Waals surface area contributed by atoms with E-state index in [9.17, 15) is 0 Å². The number of amidine groups is 1. The van der Waals surface area contributed by atoms with E-state index in [1.165, 1.54) is 0 Å². The molecule has 3 unspecified atom stereocenters. The van der Waals surface area contributed by atoms with E-state index in [1.54, 1.807) is 0 Å². The van der Waals surface area contributed by atoms with Gasteiger partial charge in [-0.25, -0.2) is 0 Å². The molecule has 0 spiro atoms. The Morgan fingerprint density at radius 1 is 1.42 bits per heavy atom. The van der Waals surface area contributed by atoms with Gasteiger partial charge >= 0.3 is 0 Å². The Balaban J connectivity index is 0.000000605. The summed E-state index contributed by atoms with van der Waals surface area (Å²) in [5.74, 6) is 0. The highest BCUT2D eigenvalue weighted by Crippen LogP contribution is 2.21. The minimum Gasteiger partial charge on any atom is -0.455 e. The number of aliphatic imine (C=N–C) groups is 1. The van der Waals surface area contributed by atoms with Crippen LogP contribution in [0.4, 0.5) is 0 Å². The molecule has 0 aliphatic carbocycles. The second kappa shape index (κ2) is 4.13. The number of hydrogen-bond acceptors (Lipinski definition) is 5. The van der Waals surface area contributed by atoms with Gasteiger partial charge in [0.15, 0.2) is 12.3 Å². The molecule has 0 radical (unpaired) electrons. The molecule has 0 amide bonds. The molecule has 2 aliphatic rings. The smallest absolute Gasteiger partial charge is 0.285 e. The Morgan fingerprint density at radius 2 is 2.08 bits per heavy atom. The summed E-state index contributed by atoms with van der Waals surface area (Å²) in [6, 6.07) is 0.0972. The maximum absolute atomic E-state index is 5.60. The third-order valence-electron chi connectivity index (χ3n) is 1.67. The maximum atomic E-state index is 5.60. The van der Waals surface area contributed by atoms with Crippen LogP contribution in [0.5, 0.6) is 0 Å². The number of nitrogens with two attached hydrogens (primary N) is 2. The van der Waals surface area contributed by atoms with Crippen molar-refractivity contribution < 1.29 is 9.47 Å². The SMILES string of the molecule is Cl.Cl.NC1=NC2OCC(N)C2O1. The van der Waals surface area contributed by atoms with E-state index < -0.39 is 0 Å². The molecule has 0 bridgehead atoms. The Morgan fingerprint density at radius 3 is 2.67 bits per heavy atom. The van der Waals surface area contributed by atoms with Crippen molar-refractivity contribution in [2.45, 2.75) is 18.4 Å². The first-order valence-electron chi connectivity index (χ1n) is 3.14. The largest absolute Gasteiger partial charge is 0.455 e. The van der Waals surface area contributed by atoms with Crippen LogP contribution in [0.15, 0.2) is 4.99 Å². The number of ether oxygens (including phenoxy) is 2. The second-order valence-corrected chi connectivity index (χ2v) is 2.44. The van der Waals surface area contributed by atoms with Gasteiger partial charge in [-0.05, 0) is 0 Å². The van der Waals surface area contributed by atoms with Crippen LogP contribution in [0, 0.1) is 0 Å². The van der Waals surface area contributed by atoms with Crippen LogP contribution in [0.2, 0.25) is 0 Å². The average molecular weight is 216 g/mol. The third kappa shape index (κ3) is 1.74.